The standard InChI is InChI=1S/C15H22N2.C13H24N2.C9H9O.C8H8ClF.C2H6.U/c1-12(2)11-17-9-7-14(8-10-17)15-6-4-5-13(3)16-15;1-5-6-7-11(4)14-15-13(10(2)3)12-8-9-12;1-7-3-4-9(6-10)5-8(7)2;1-2-6-3-4-7(9)5-8(6)10;1-2;/h4-6,14H,1,7-11H2,2-3H3;12,15H,5-9H2,1-4H3;3-5H,1-2H3;3-5H,2H2,1H3;1-2H3;/q;;-1;;;/b;14-11+;;;;. The molecule has 5 rings (SSSR count). The average molecular weight is 999 g/mol. The van der Waals surface area contributed by atoms with Crippen molar-refractivity contribution in [3.8, 4) is 0 Å². The zero-order valence-corrected chi connectivity index (χ0v) is 40.8. The van der Waals surface area contributed by atoms with Crippen molar-refractivity contribution in [1.82, 2.24) is 15.3 Å². The summed E-state index contributed by atoms with van der Waals surface area (Å²) in [5, 5.41) is 4.91. The van der Waals surface area contributed by atoms with Crippen LogP contribution in [-0.2, 0) is 11.2 Å². The summed E-state index contributed by atoms with van der Waals surface area (Å²) >= 11 is 5.53. The number of carbonyl (C=O) groups excluding carboxylic acids is 1. The summed E-state index contributed by atoms with van der Waals surface area (Å²) in [6.07, 6.45) is 11.3. The average Bonchev–Trinajstić information content (AvgIpc) is 3.99. The van der Waals surface area contributed by atoms with E-state index in [4.69, 9.17) is 11.6 Å². The molecule has 1 saturated carbocycles. The molecule has 2 fully saturated rings. The first-order valence-corrected chi connectivity index (χ1v) is 20.3. The number of hydrogen-bond acceptors (Lipinski definition) is 5. The van der Waals surface area contributed by atoms with Gasteiger partial charge < -0.3 is 4.79 Å². The number of allylic oxidation sites excluding steroid dienone is 2. The van der Waals surface area contributed by atoms with Crippen LogP contribution in [0.1, 0.15) is 140 Å². The minimum absolute atomic E-state index is 0. The third-order valence-corrected chi connectivity index (χ3v) is 9.45. The van der Waals surface area contributed by atoms with Gasteiger partial charge in [0.1, 0.15) is 5.82 Å². The van der Waals surface area contributed by atoms with Crippen LogP contribution in [0.5, 0.6) is 0 Å². The van der Waals surface area contributed by atoms with Crippen LogP contribution >= 0.6 is 11.6 Å². The van der Waals surface area contributed by atoms with E-state index >= 15 is 0 Å². The van der Waals surface area contributed by atoms with Crippen molar-refractivity contribution >= 4 is 23.6 Å². The van der Waals surface area contributed by atoms with Crippen LogP contribution in [0, 0.1) is 63.6 Å². The maximum absolute atomic E-state index is 12.8. The molecule has 8 heteroatoms. The zero-order chi connectivity index (χ0) is 40.6. The molecule has 1 aromatic heterocycles. The molecule has 0 radical (unpaired) electrons. The molecule has 0 atom stereocenters. The van der Waals surface area contributed by atoms with E-state index in [1.54, 1.807) is 18.2 Å². The molecule has 0 amide bonds. The number of nitrogens with zero attached hydrogens (tertiary/aromatic N) is 3. The summed E-state index contributed by atoms with van der Waals surface area (Å²) in [6.45, 7) is 30.1. The molecule has 302 valence electrons. The predicted molar refractivity (Wildman–Crippen MR) is 232 cm³/mol. The molecule has 1 saturated heterocycles. The number of hydrogen-bond donors (Lipinski definition) is 1. The number of nitrogens with one attached hydrogen (secondary N) is 1. The molecule has 0 bridgehead atoms. The van der Waals surface area contributed by atoms with Crippen LogP contribution in [0.15, 0.2) is 83.1 Å². The van der Waals surface area contributed by atoms with E-state index in [1.807, 2.05) is 53.0 Å². The normalized spacial score (nSPS) is 13.7. The van der Waals surface area contributed by atoms with Gasteiger partial charge in [-0.05, 0) is 129 Å². The topological polar surface area (TPSA) is 57.6 Å². The number of hydrazone groups is 1. The maximum Gasteiger partial charge on any atom is 0.127 e. The van der Waals surface area contributed by atoms with Crippen LogP contribution < -0.4 is 5.43 Å². The van der Waals surface area contributed by atoms with Crippen LogP contribution in [0.25, 0.3) is 0 Å². The van der Waals surface area contributed by atoms with E-state index in [0.29, 0.717) is 28.5 Å². The fourth-order valence-electron chi connectivity index (χ4n) is 5.80. The molecule has 2 aromatic carbocycles. The van der Waals surface area contributed by atoms with Crippen molar-refractivity contribution in [2.75, 3.05) is 19.6 Å². The summed E-state index contributed by atoms with van der Waals surface area (Å²) < 4.78 is 12.8. The van der Waals surface area contributed by atoms with Crippen LogP contribution in [0.4, 0.5) is 4.39 Å². The van der Waals surface area contributed by atoms with Crippen molar-refractivity contribution in [1.29, 1.82) is 0 Å². The Labute approximate surface area is 363 Å². The van der Waals surface area contributed by atoms with Gasteiger partial charge in [-0.3, -0.25) is 15.3 Å². The van der Waals surface area contributed by atoms with Crippen molar-refractivity contribution in [3.63, 3.8) is 0 Å². The van der Waals surface area contributed by atoms with E-state index < -0.39 is 0 Å². The van der Waals surface area contributed by atoms with Crippen molar-refractivity contribution in [2.45, 2.75) is 133 Å². The van der Waals surface area contributed by atoms with E-state index in [9.17, 15) is 9.18 Å². The predicted octanol–water partition coefficient (Wildman–Crippen LogP) is 12.8. The number of pyridine rings is 1. The van der Waals surface area contributed by atoms with Crippen LogP contribution in [-0.4, -0.2) is 41.5 Å². The number of unbranched alkanes of at least 4 members (excludes halogenated alkanes) is 1. The van der Waals surface area contributed by atoms with E-state index in [-0.39, 0.29) is 36.9 Å². The Morgan fingerprint density at radius 3 is 2.11 bits per heavy atom. The summed E-state index contributed by atoms with van der Waals surface area (Å²) in [7, 11) is 0. The van der Waals surface area contributed by atoms with Crippen molar-refractivity contribution in [3.05, 3.63) is 123 Å². The van der Waals surface area contributed by atoms with Gasteiger partial charge in [0.05, 0.1) is 6.29 Å². The Kier molecular flexibility index (Phi) is 28.3. The van der Waals surface area contributed by atoms with Gasteiger partial charge in [0, 0.05) is 77.3 Å². The van der Waals surface area contributed by atoms with E-state index in [1.165, 1.54) is 91.5 Å². The number of rotatable bonds is 11. The monoisotopic (exact) mass is 998 g/mol. The van der Waals surface area contributed by atoms with Crippen LogP contribution in [0.3, 0.4) is 0 Å². The fraction of sp³-hybridized carbons (Fsp3) is 0.511. The van der Waals surface area contributed by atoms with Gasteiger partial charge in [-0.25, -0.2) is 4.39 Å². The third-order valence-electron chi connectivity index (χ3n) is 9.21. The van der Waals surface area contributed by atoms with Crippen molar-refractivity contribution in [2.24, 2.45) is 11.0 Å². The molecule has 0 spiro atoms. The van der Waals surface area contributed by atoms with Gasteiger partial charge in [-0.1, -0.05) is 88.1 Å². The molecular formula is C47H69ClFN4OU-. The third kappa shape index (κ3) is 22.1. The molecule has 1 aliphatic carbocycles. The number of aromatic nitrogens is 1. The Morgan fingerprint density at radius 1 is 0.964 bits per heavy atom. The molecule has 1 N–H and O–H groups in total. The molecule has 0 unspecified atom stereocenters. The summed E-state index contributed by atoms with van der Waals surface area (Å²) in [4.78, 5) is 17.3. The first-order valence-electron chi connectivity index (χ1n) is 19.9. The first kappa shape index (κ1) is 52.4. The second kappa shape index (κ2) is 29.6. The number of likely N-dealkylation sites (tertiary alicyclic amines) is 1. The van der Waals surface area contributed by atoms with Crippen LogP contribution in [0.2, 0.25) is 5.02 Å². The molecule has 3 aromatic rings. The second-order valence-electron chi connectivity index (χ2n) is 14.5. The van der Waals surface area contributed by atoms with Gasteiger partial charge in [0.2, 0.25) is 0 Å². The molecular weight excluding hydrogens is 929 g/mol. The number of halogens is 2. The molecule has 2 heterocycles. The largest absolute Gasteiger partial charge is 0.376 e. The second-order valence-corrected chi connectivity index (χ2v) is 14.9. The van der Waals surface area contributed by atoms with Gasteiger partial charge in [0.25, 0.3) is 0 Å². The zero-order valence-electron chi connectivity index (χ0n) is 35.8. The Hall–Kier alpha value is -2.56. The quantitative estimate of drug-likeness (QED) is 0.0900. The maximum atomic E-state index is 12.8. The number of benzene rings is 2. The Balaban J connectivity index is 0.000000708. The molecule has 1 aliphatic heterocycles. The van der Waals surface area contributed by atoms with E-state index in [0.717, 1.165) is 30.1 Å². The molecule has 2 aliphatic rings. The molecule has 5 nitrogen and oxygen atoms in total. The van der Waals surface area contributed by atoms with Gasteiger partial charge >= 0.3 is 0 Å². The Morgan fingerprint density at radius 2 is 1.62 bits per heavy atom. The Bertz CT molecular complexity index is 1620. The summed E-state index contributed by atoms with van der Waals surface area (Å²) in [5.41, 5.74) is 14.6. The minimum atomic E-state index is -0.213. The number of piperidine rings is 1. The summed E-state index contributed by atoms with van der Waals surface area (Å²) in [6, 6.07) is 16.6. The van der Waals surface area contributed by atoms with Crippen molar-refractivity contribution < 1.29 is 40.3 Å². The van der Waals surface area contributed by atoms with E-state index in [2.05, 4.69) is 86.7 Å². The van der Waals surface area contributed by atoms with Gasteiger partial charge in [-0.15, -0.1) is 11.6 Å². The smallest absolute Gasteiger partial charge is 0.127 e. The summed E-state index contributed by atoms with van der Waals surface area (Å²) in [5.74, 6) is 1.20. The SMILES string of the molecule is C=C(C)CN1CCC(c2cccc(C)n2)CC1.CC.CCCC/C(C)=N/NC(=C(C)C)C1CC1.CCc1ccc(Cl)cc1F.Cc1ccc([C-]=O)cc1C.[U]. The minimum Gasteiger partial charge on any atom is -0.376 e. The van der Waals surface area contributed by atoms with Gasteiger partial charge in [0.15, 0.2) is 0 Å². The molecule has 55 heavy (non-hydrogen) atoms. The number of aryl methyl sites for hydroxylation is 4. The first-order chi connectivity index (χ1) is 25.8. The fourth-order valence-corrected chi connectivity index (χ4v) is 5.96. The van der Waals surface area contributed by atoms with Gasteiger partial charge in [-0.2, -0.15) is 22.8 Å².